The molecule has 0 aromatic carbocycles. The monoisotopic (exact) mass is 270 g/mol. The average Bonchev–Trinajstić information content (AvgIpc) is 2.24. The molecule has 108 valence electrons. The number of urea groups is 1. The summed E-state index contributed by atoms with van der Waals surface area (Å²) in [5, 5.41) is 14.0. The van der Waals surface area contributed by atoms with E-state index in [2.05, 4.69) is 10.6 Å². The van der Waals surface area contributed by atoms with Crippen LogP contribution in [0.4, 0.5) is 4.79 Å². The van der Waals surface area contributed by atoms with E-state index in [0.717, 1.165) is 19.3 Å². The fourth-order valence-corrected chi connectivity index (χ4v) is 3.13. The summed E-state index contributed by atoms with van der Waals surface area (Å²) in [5.41, 5.74) is 0.139. The van der Waals surface area contributed by atoms with Crippen molar-refractivity contribution in [2.24, 2.45) is 5.41 Å². The molecule has 0 saturated heterocycles. The molecule has 2 aliphatic rings. The predicted molar refractivity (Wildman–Crippen MR) is 68.9 cm³/mol. The molecule has 0 heterocycles. The molecule has 0 aromatic rings. The van der Waals surface area contributed by atoms with E-state index in [-0.39, 0.29) is 36.6 Å². The van der Waals surface area contributed by atoms with E-state index < -0.39 is 5.97 Å². The minimum Gasteiger partial charge on any atom is -0.481 e. The van der Waals surface area contributed by atoms with Crippen LogP contribution >= 0.6 is 0 Å². The number of hydrogen-bond acceptors (Lipinski definition) is 3. The summed E-state index contributed by atoms with van der Waals surface area (Å²) in [5.74, 6) is -0.907. The number of carbonyl (C=O) groups is 2. The number of ether oxygens (including phenoxy) is 1. The number of hydrogen-bond donors (Lipinski definition) is 3. The van der Waals surface area contributed by atoms with Gasteiger partial charge in [0.1, 0.15) is 0 Å². The Morgan fingerprint density at radius 3 is 2.68 bits per heavy atom. The largest absolute Gasteiger partial charge is 0.481 e. The standard InChI is InChI=1S/C13H22N2O4/c1-2-19-10-8-9(13(10)5-3-6-13)15-12(18)14-7-4-11(16)17/h9-10H,2-8H2,1H3,(H,16,17)(H2,14,15,18). The first-order valence-corrected chi connectivity index (χ1v) is 6.96. The Balaban J connectivity index is 1.74. The minimum absolute atomic E-state index is 0.0508. The van der Waals surface area contributed by atoms with Gasteiger partial charge in [0.05, 0.1) is 12.5 Å². The van der Waals surface area contributed by atoms with Gasteiger partial charge in [0.15, 0.2) is 0 Å². The fraction of sp³-hybridized carbons (Fsp3) is 0.846. The Labute approximate surface area is 112 Å². The number of nitrogens with one attached hydrogen (secondary N) is 2. The van der Waals surface area contributed by atoms with Crippen molar-refractivity contribution in [2.75, 3.05) is 13.2 Å². The van der Waals surface area contributed by atoms with Crippen LogP contribution < -0.4 is 10.6 Å². The number of carboxylic acids is 1. The third-order valence-corrected chi connectivity index (χ3v) is 4.37. The molecule has 19 heavy (non-hydrogen) atoms. The molecule has 0 bridgehead atoms. The first-order chi connectivity index (χ1) is 9.08. The number of aliphatic carboxylic acids is 1. The van der Waals surface area contributed by atoms with Gasteiger partial charge in [-0.25, -0.2) is 4.79 Å². The maximum atomic E-state index is 11.7. The minimum atomic E-state index is -0.907. The molecule has 3 N–H and O–H groups in total. The summed E-state index contributed by atoms with van der Waals surface area (Å²) in [7, 11) is 0. The van der Waals surface area contributed by atoms with Crippen molar-refractivity contribution in [3.63, 3.8) is 0 Å². The van der Waals surface area contributed by atoms with Gasteiger partial charge in [-0.2, -0.15) is 0 Å². The second-order valence-electron chi connectivity index (χ2n) is 5.36. The predicted octanol–water partition coefficient (Wildman–Crippen LogP) is 1.11. The van der Waals surface area contributed by atoms with Gasteiger partial charge in [-0.3, -0.25) is 4.79 Å². The molecule has 2 aliphatic carbocycles. The van der Waals surface area contributed by atoms with E-state index in [1.807, 2.05) is 6.92 Å². The molecule has 0 radical (unpaired) electrons. The number of rotatable bonds is 6. The van der Waals surface area contributed by atoms with Crippen LogP contribution in [0, 0.1) is 5.41 Å². The van der Waals surface area contributed by atoms with Crippen LogP contribution in [0.15, 0.2) is 0 Å². The van der Waals surface area contributed by atoms with E-state index in [4.69, 9.17) is 9.84 Å². The average molecular weight is 270 g/mol. The lowest BCUT2D eigenvalue weighted by Crippen LogP contribution is -2.68. The van der Waals surface area contributed by atoms with Gasteiger partial charge in [-0.05, 0) is 26.2 Å². The first-order valence-electron chi connectivity index (χ1n) is 6.96. The van der Waals surface area contributed by atoms with Crippen LogP contribution in [-0.4, -0.2) is 42.4 Å². The van der Waals surface area contributed by atoms with Gasteiger partial charge in [-0.1, -0.05) is 6.42 Å². The highest BCUT2D eigenvalue weighted by Crippen LogP contribution is 2.57. The lowest BCUT2D eigenvalue weighted by Gasteiger charge is -2.60. The Kier molecular flexibility index (Phi) is 4.29. The Bertz CT molecular complexity index is 355. The SMILES string of the molecule is CCOC1CC(NC(=O)NCCC(=O)O)C12CCC2. The normalized spacial score (nSPS) is 27.2. The summed E-state index contributed by atoms with van der Waals surface area (Å²) < 4.78 is 5.71. The third-order valence-electron chi connectivity index (χ3n) is 4.37. The molecule has 0 aromatic heterocycles. The van der Waals surface area contributed by atoms with Crippen molar-refractivity contribution in [3.05, 3.63) is 0 Å². The Morgan fingerprint density at radius 1 is 1.42 bits per heavy atom. The van der Waals surface area contributed by atoms with Crippen molar-refractivity contribution in [1.82, 2.24) is 10.6 Å². The molecule has 6 nitrogen and oxygen atoms in total. The van der Waals surface area contributed by atoms with E-state index in [1.54, 1.807) is 0 Å². The zero-order valence-electron chi connectivity index (χ0n) is 11.3. The molecule has 2 unspecified atom stereocenters. The van der Waals surface area contributed by atoms with Gasteiger partial charge in [-0.15, -0.1) is 0 Å². The summed E-state index contributed by atoms with van der Waals surface area (Å²) in [6.45, 7) is 2.87. The van der Waals surface area contributed by atoms with E-state index in [0.29, 0.717) is 6.61 Å². The van der Waals surface area contributed by atoms with Crippen LogP contribution in [0.2, 0.25) is 0 Å². The van der Waals surface area contributed by atoms with Crippen molar-refractivity contribution < 1.29 is 19.4 Å². The highest BCUT2D eigenvalue weighted by Gasteiger charge is 2.59. The molecule has 6 heteroatoms. The van der Waals surface area contributed by atoms with E-state index >= 15 is 0 Å². The van der Waals surface area contributed by atoms with Gasteiger partial charge < -0.3 is 20.5 Å². The van der Waals surface area contributed by atoms with Gasteiger partial charge in [0.25, 0.3) is 0 Å². The second kappa shape index (κ2) is 5.77. The highest BCUT2D eigenvalue weighted by molar-refractivity contribution is 5.75. The first kappa shape index (κ1) is 14.1. The number of carboxylic acid groups (broad SMARTS) is 1. The van der Waals surface area contributed by atoms with Gasteiger partial charge >= 0.3 is 12.0 Å². The van der Waals surface area contributed by atoms with Crippen molar-refractivity contribution >= 4 is 12.0 Å². The number of carbonyl (C=O) groups excluding carboxylic acids is 1. The zero-order valence-corrected chi connectivity index (χ0v) is 11.3. The lowest BCUT2D eigenvalue weighted by molar-refractivity contribution is -0.169. The van der Waals surface area contributed by atoms with Crippen LogP contribution in [0.5, 0.6) is 0 Å². The smallest absolute Gasteiger partial charge is 0.315 e. The Hall–Kier alpha value is -1.30. The van der Waals surface area contributed by atoms with Crippen LogP contribution in [0.25, 0.3) is 0 Å². The molecular formula is C13H22N2O4. The summed E-state index contributed by atoms with van der Waals surface area (Å²) in [6, 6.07) is -0.102. The van der Waals surface area contributed by atoms with Crippen molar-refractivity contribution in [2.45, 2.75) is 51.2 Å². The zero-order chi connectivity index (χ0) is 13.9. The summed E-state index contributed by atoms with van der Waals surface area (Å²) in [6.07, 6.45) is 4.50. The maximum absolute atomic E-state index is 11.7. The van der Waals surface area contributed by atoms with Crippen LogP contribution in [-0.2, 0) is 9.53 Å². The number of amides is 2. The van der Waals surface area contributed by atoms with E-state index in [1.165, 1.54) is 6.42 Å². The third kappa shape index (κ3) is 2.83. The van der Waals surface area contributed by atoms with Gasteiger partial charge in [0.2, 0.25) is 0 Å². The van der Waals surface area contributed by atoms with Crippen molar-refractivity contribution in [1.29, 1.82) is 0 Å². The lowest BCUT2D eigenvalue weighted by atomic mass is 9.51. The highest BCUT2D eigenvalue weighted by atomic mass is 16.5. The summed E-state index contributed by atoms with van der Waals surface area (Å²) in [4.78, 5) is 22.0. The van der Waals surface area contributed by atoms with Crippen LogP contribution in [0.3, 0.4) is 0 Å². The van der Waals surface area contributed by atoms with Crippen molar-refractivity contribution in [3.8, 4) is 0 Å². The Morgan fingerprint density at radius 2 is 2.16 bits per heavy atom. The molecule has 2 fully saturated rings. The fourth-order valence-electron chi connectivity index (χ4n) is 3.13. The molecular weight excluding hydrogens is 248 g/mol. The quantitative estimate of drug-likeness (QED) is 0.674. The molecule has 0 aliphatic heterocycles. The molecule has 2 atom stereocenters. The molecule has 1 spiro atoms. The van der Waals surface area contributed by atoms with Gasteiger partial charge in [0, 0.05) is 24.6 Å². The molecule has 2 rings (SSSR count). The second-order valence-corrected chi connectivity index (χ2v) is 5.36. The maximum Gasteiger partial charge on any atom is 0.315 e. The summed E-state index contributed by atoms with van der Waals surface area (Å²) >= 11 is 0. The molecule has 2 saturated carbocycles. The van der Waals surface area contributed by atoms with E-state index in [9.17, 15) is 9.59 Å². The topological polar surface area (TPSA) is 87.7 Å². The molecule has 2 amide bonds. The van der Waals surface area contributed by atoms with Crippen LogP contribution in [0.1, 0.15) is 39.0 Å².